The van der Waals surface area contributed by atoms with Crippen LogP contribution in [0.1, 0.15) is 64.7 Å². The van der Waals surface area contributed by atoms with Crippen molar-refractivity contribution in [1.82, 2.24) is 0 Å². The second-order valence-electron chi connectivity index (χ2n) is 19.0. The molecule has 8 unspecified atom stereocenters. The van der Waals surface area contributed by atoms with E-state index in [4.69, 9.17) is 37.9 Å². The van der Waals surface area contributed by atoms with Gasteiger partial charge in [-0.25, -0.2) is 4.79 Å². The predicted octanol–water partition coefficient (Wildman–Crippen LogP) is -6.20. The van der Waals surface area contributed by atoms with Crippen LogP contribution in [0.25, 0.3) is 0 Å². The van der Waals surface area contributed by atoms with Crippen LogP contribution in [-0.2, 0) is 38.0 Å². The van der Waals surface area contributed by atoms with Crippen LogP contribution >= 0.6 is 0 Å². The summed E-state index contributed by atoms with van der Waals surface area (Å²) in [5, 5.41) is 149. The Morgan fingerprint density at radius 1 is 0.615 bits per heavy atom. The van der Waals surface area contributed by atoms with Gasteiger partial charge in [0.2, 0.25) is 0 Å². The molecule has 0 aromatic rings. The minimum atomic E-state index is -1.88. The molecule has 23 atom stereocenters. The monoisotopic (exact) mass is 941 g/mol. The van der Waals surface area contributed by atoms with Crippen molar-refractivity contribution in [3.63, 3.8) is 0 Å². The molecule has 3 aliphatic carbocycles. The number of allylic oxidation sites excluding steroid dienone is 1. The van der Waals surface area contributed by atoms with Gasteiger partial charge in [-0.1, -0.05) is 6.08 Å². The van der Waals surface area contributed by atoms with E-state index in [0.717, 1.165) is 0 Å². The molecule has 0 spiro atoms. The lowest BCUT2D eigenvalue weighted by Gasteiger charge is -2.50. The molecule has 3 saturated carbocycles. The molecular formula is C42H69O23+. The van der Waals surface area contributed by atoms with E-state index in [1.54, 1.807) is 6.08 Å². The number of ether oxygens (including phenoxy) is 8. The largest absolute Gasteiger partial charge is 0.454 e. The van der Waals surface area contributed by atoms with Gasteiger partial charge in [0, 0.05) is 24.8 Å². The second kappa shape index (κ2) is 22.0. The standard InChI is InChI=1S/C42H68O23/c1-15-38(65-28(48)7-4-16-2-5-18(44)6-3-16)34(54)37(57)40(59-15)58-14-27-31(51)33(53)36(56)42(64-27)62-25-12-20-23(60-39(25)17-8-21(46)29(49)22(47)9-17)10-19(45)11-24(20)61-41-35(55)32(52)30(50)26(13-43)63-41/h4,7,15-27,29-47,49-57H,2-3,5-6,8-14H2,1H3/p+1/t15-,16?,17?,18?,19?,20?,21?,22?,23?,24?,25?,26+,27+,29?,30-,31+,32-,33-,34-,35-,36-,37+,38-,39?,40+,41+,42+/m0/s1. The maximum absolute atomic E-state index is 12.7. The zero-order chi connectivity index (χ0) is 47.0. The van der Waals surface area contributed by atoms with E-state index in [9.17, 15) is 76.3 Å². The van der Waals surface area contributed by atoms with E-state index < -0.39 is 172 Å². The topological polar surface area (TPSA) is 378 Å². The summed E-state index contributed by atoms with van der Waals surface area (Å²) in [6.45, 7) is 0.185. The third kappa shape index (κ3) is 11.5. The number of aliphatic hydroxyl groups is 16. The van der Waals surface area contributed by atoms with Gasteiger partial charge in [0.1, 0.15) is 73.2 Å². The molecule has 4 aliphatic heterocycles. The third-order valence-corrected chi connectivity index (χ3v) is 14.4. The fourth-order valence-corrected chi connectivity index (χ4v) is 10.6. The second-order valence-corrected chi connectivity index (χ2v) is 19.0. The molecule has 0 radical (unpaired) electrons. The summed E-state index contributed by atoms with van der Waals surface area (Å²) in [5.74, 6) is -1.93. The Hall–Kier alpha value is -1.63. The van der Waals surface area contributed by atoms with Gasteiger partial charge in [0.05, 0.1) is 55.8 Å². The summed E-state index contributed by atoms with van der Waals surface area (Å²) >= 11 is 0. The summed E-state index contributed by atoms with van der Waals surface area (Å²) in [6, 6.07) is 0. The Kier molecular flexibility index (Phi) is 17.3. The molecule has 65 heavy (non-hydrogen) atoms. The van der Waals surface area contributed by atoms with Crippen molar-refractivity contribution in [3.8, 4) is 0 Å². The summed E-state index contributed by atoms with van der Waals surface area (Å²) in [4.78, 5) is 12.7. The highest BCUT2D eigenvalue weighted by molar-refractivity contribution is 5.82. The molecule has 23 heteroatoms. The molecule has 23 nitrogen and oxygen atoms in total. The minimum Gasteiger partial charge on any atom is -0.454 e. The van der Waals surface area contributed by atoms with Crippen LogP contribution in [-0.4, -0.2) is 242 Å². The molecule has 7 rings (SSSR count). The lowest BCUT2D eigenvalue weighted by molar-refractivity contribution is -0.371. The first kappa shape index (κ1) is 51.2. The van der Waals surface area contributed by atoms with E-state index in [0.29, 0.717) is 25.7 Å². The normalized spacial score (nSPS) is 52.2. The first-order valence-electron chi connectivity index (χ1n) is 22.8. The molecule has 4 saturated heterocycles. The van der Waals surface area contributed by atoms with Crippen LogP contribution in [0.3, 0.4) is 0 Å². The number of rotatable bonds is 12. The lowest BCUT2D eigenvalue weighted by Crippen LogP contribution is -2.64. The number of fused-ring (bicyclic) bond motifs is 1. The first-order chi connectivity index (χ1) is 30.8. The average molecular weight is 942 g/mol. The Labute approximate surface area is 374 Å². The predicted molar refractivity (Wildman–Crippen MR) is 213 cm³/mol. The smallest absolute Gasteiger partial charge is 0.330 e. The van der Waals surface area contributed by atoms with Gasteiger partial charge in [0.15, 0.2) is 37.2 Å². The Morgan fingerprint density at radius 3 is 1.83 bits per heavy atom. The van der Waals surface area contributed by atoms with E-state index in [1.807, 2.05) is 0 Å². The van der Waals surface area contributed by atoms with Crippen molar-refractivity contribution in [2.45, 2.75) is 212 Å². The van der Waals surface area contributed by atoms with Crippen LogP contribution in [0.5, 0.6) is 0 Å². The van der Waals surface area contributed by atoms with Crippen LogP contribution < -0.4 is 0 Å². The fourth-order valence-electron chi connectivity index (χ4n) is 10.6. The third-order valence-electron chi connectivity index (χ3n) is 14.4. The minimum absolute atomic E-state index is 0.00148. The number of hydrogen-bond donors (Lipinski definition) is 14. The van der Waals surface area contributed by atoms with Crippen LogP contribution in [0, 0.1) is 17.8 Å². The Morgan fingerprint density at radius 2 is 1.20 bits per heavy atom. The summed E-state index contributed by atoms with van der Waals surface area (Å²) in [7, 11) is 0. The molecule has 15 N–H and O–H groups in total. The molecule has 0 aromatic heterocycles. The zero-order valence-corrected chi connectivity index (χ0v) is 36.0. The summed E-state index contributed by atoms with van der Waals surface area (Å²) in [6.07, 6.45) is -27.2. The Balaban J connectivity index is 1.02. The molecule has 7 aliphatic rings. The summed E-state index contributed by atoms with van der Waals surface area (Å²) < 4.78 is 46.1. The molecule has 7 fully saturated rings. The Bertz CT molecular complexity index is 1540. The van der Waals surface area contributed by atoms with Crippen molar-refractivity contribution < 1.29 is 114 Å². The number of aliphatic hydroxyl groups excluding tert-OH is 14. The highest BCUT2D eigenvalue weighted by Crippen LogP contribution is 2.44. The first-order valence-corrected chi connectivity index (χ1v) is 22.8. The van der Waals surface area contributed by atoms with Crippen molar-refractivity contribution in [2.75, 3.05) is 13.2 Å². The van der Waals surface area contributed by atoms with Gasteiger partial charge in [-0.15, -0.1) is 0 Å². The molecule has 4 heterocycles. The molecular weight excluding hydrogens is 872 g/mol. The molecule has 374 valence electrons. The van der Waals surface area contributed by atoms with Crippen molar-refractivity contribution in [1.29, 1.82) is 0 Å². The van der Waals surface area contributed by atoms with Gasteiger partial charge in [0.25, 0.3) is 0 Å². The highest BCUT2D eigenvalue weighted by Gasteiger charge is 2.57. The van der Waals surface area contributed by atoms with Gasteiger partial charge < -0.3 is 109 Å². The SMILES string of the molecule is C[C@@H]1O[C@@H](OC[C@H]2O[C@@H](OC3CC4C(O[C@@H]5O[C@H](CO)[C@H](O)[C@H](O)[C@@H]5O)CC(O)CC4[OH+]C3C3CC(O)C(O)C(O)C3)[C@@H](O)[C@@H](O)[C@@H]2O)[C@H](O)[C@H](O)[C@H]1OC(=O)C=CC1CCC(O)CC1. The van der Waals surface area contributed by atoms with Crippen LogP contribution in [0.15, 0.2) is 12.2 Å². The van der Waals surface area contributed by atoms with Gasteiger partial charge in [-0.05, 0) is 57.8 Å². The van der Waals surface area contributed by atoms with Crippen molar-refractivity contribution >= 4 is 5.97 Å². The zero-order valence-electron chi connectivity index (χ0n) is 36.0. The quantitative estimate of drug-likeness (QED) is 0.0492. The van der Waals surface area contributed by atoms with E-state index in [2.05, 4.69) is 0 Å². The van der Waals surface area contributed by atoms with E-state index in [-0.39, 0.29) is 44.1 Å². The average Bonchev–Trinajstić information content (AvgIpc) is 3.27. The number of carbonyl (C=O) groups is 1. The van der Waals surface area contributed by atoms with Gasteiger partial charge in [-0.2, -0.15) is 0 Å². The van der Waals surface area contributed by atoms with Crippen molar-refractivity contribution in [3.05, 3.63) is 12.2 Å². The summed E-state index contributed by atoms with van der Waals surface area (Å²) in [5.41, 5.74) is 0. The fraction of sp³-hybridized carbons (Fsp3) is 0.929. The van der Waals surface area contributed by atoms with Gasteiger partial charge in [-0.3, -0.25) is 0 Å². The van der Waals surface area contributed by atoms with Crippen LogP contribution in [0.2, 0.25) is 0 Å². The maximum atomic E-state index is 12.7. The van der Waals surface area contributed by atoms with Crippen molar-refractivity contribution in [2.24, 2.45) is 17.8 Å². The molecule has 0 aromatic carbocycles. The van der Waals surface area contributed by atoms with Crippen LogP contribution in [0.4, 0.5) is 0 Å². The lowest BCUT2D eigenvalue weighted by atomic mass is 9.72. The highest BCUT2D eigenvalue weighted by atomic mass is 16.7. The molecule has 0 amide bonds. The number of hydrogen-bond acceptors (Lipinski definition) is 22. The number of carbonyl (C=O) groups excluding carboxylic acids is 1. The molecule has 0 bridgehead atoms. The van der Waals surface area contributed by atoms with E-state index >= 15 is 0 Å². The maximum Gasteiger partial charge on any atom is 0.330 e. The van der Waals surface area contributed by atoms with Gasteiger partial charge >= 0.3 is 5.97 Å². The van der Waals surface area contributed by atoms with E-state index in [1.165, 1.54) is 13.0 Å². The number of esters is 1.